The lowest BCUT2D eigenvalue weighted by atomic mass is 9.64. The molecule has 1 aliphatic heterocycles. The van der Waals surface area contributed by atoms with Crippen molar-refractivity contribution in [2.24, 2.45) is 0 Å². The number of rotatable bonds is 4. The number of aromatic hydroxyl groups is 1. The Hall–Kier alpha value is -1.26. The van der Waals surface area contributed by atoms with E-state index in [1.54, 1.807) is 0 Å². The van der Waals surface area contributed by atoms with Crippen LogP contribution in [0.4, 0.5) is 0 Å². The van der Waals surface area contributed by atoms with Crippen LogP contribution in [0.2, 0.25) is 10.0 Å². The number of phenolic OH excluding ortho intramolecular Hbond substituents is 1. The van der Waals surface area contributed by atoms with Crippen molar-refractivity contribution in [1.82, 2.24) is 10.2 Å². The molecule has 1 aliphatic carbocycles. The van der Waals surface area contributed by atoms with Crippen molar-refractivity contribution in [2.45, 2.75) is 50.1 Å². The van der Waals surface area contributed by atoms with Crippen molar-refractivity contribution < 1.29 is 5.11 Å². The average Bonchev–Trinajstić information content (AvgIpc) is 2.74. The van der Waals surface area contributed by atoms with Gasteiger partial charge in [-0.1, -0.05) is 42.3 Å². The first-order valence-electron chi connectivity index (χ1n) is 10.1. The number of fused-ring (bicyclic) bond motifs is 4. The van der Waals surface area contributed by atoms with Gasteiger partial charge in [-0.2, -0.15) is 0 Å². The van der Waals surface area contributed by atoms with Gasteiger partial charge in [-0.25, -0.2) is 0 Å². The molecule has 0 spiro atoms. The summed E-state index contributed by atoms with van der Waals surface area (Å²) < 4.78 is 0. The van der Waals surface area contributed by atoms with Gasteiger partial charge in [0.2, 0.25) is 0 Å². The number of nitrogens with one attached hydrogen (secondary N) is 1. The number of phenols is 1. The molecule has 2 N–H and O–H groups in total. The smallest absolute Gasteiger partial charge is 0.115 e. The van der Waals surface area contributed by atoms with E-state index in [9.17, 15) is 5.11 Å². The molecule has 1 heterocycles. The number of hydrogen-bond donors (Lipinski definition) is 2. The maximum atomic E-state index is 10.1. The molecule has 2 bridgehead atoms. The van der Waals surface area contributed by atoms with Crippen LogP contribution >= 0.6 is 23.2 Å². The topological polar surface area (TPSA) is 35.5 Å². The summed E-state index contributed by atoms with van der Waals surface area (Å²) >= 11 is 12.2. The Balaban J connectivity index is 1.58. The molecule has 1 fully saturated rings. The highest BCUT2D eigenvalue weighted by atomic mass is 35.5. The zero-order valence-electron chi connectivity index (χ0n) is 16.5. The van der Waals surface area contributed by atoms with Crippen molar-refractivity contribution in [2.75, 3.05) is 20.1 Å². The number of hydrogen-bond acceptors (Lipinski definition) is 3. The van der Waals surface area contributed by atoms with Crippen molar-refractivity contribution >= 4 is 23.2 Å². The molecule has 3 nitrogen and oxygen atoms in total. The van der Waals surface area contributed by atoms with Gasteiger partial charge in [0, 0.05) is 17.5 Å². The van der Waals surface area contributed by atoms with E-state index < -0.39 is 0 Å². The van der Waals surface area contributed by atoms with Crippen LogP contribution in [-0.4, -0.2) is 42.2 Å². The quantitative estimate of drug-likeness (QED) is 0.747. The van der Waals surface area contributed by atoms with E-state index >= 15 is 0 Å². The summed E-state index contributed by atoms with van der Waals surface area (Å²) in [7, 11) is 2.25. The third-order valence-corrected chi connectivity index (χ3v) is 7.48. The maximum absolute atomic E-state index is 10.1. The fraction of sp³-hybridized carbons (Fsp3) is 0.478. The summed E-state index contributed by atoms with van der Waals surface area (Å²) in [5.41, 5.74) is 3.89. The highest BCUT2D eigenvalue weighted by molar-refractivity contribution is 6.42. The fourth-order valence-corrected chi connectivity index (χ4v) is 5.52. The molecule has 2 aromatic rings. The molecule has 150 valence electrons. The first-order chi connectivity index (χ1) is 13.4. The number of benzene rings is 2. The summed E-state index contributed by atoms with van der Waals surface area (Å²) in [6.45, 7) is 4.37. The Labute approximate surface area is 177 Å². The van der Waals surface area contributed by atoms with E-state index in [1.807, 2.05) is 30.3 Å². The van der Waals surface area contributed by atoms with Crippen LogP contribution in [0.1, 0.15) is 36.5 Å². The lowest BCUT2D eigenvalue weighted by Crippen LogP contribution is -2.60. The second-order valence-electron chi connectivity index (χ2n) is 8.54. The van der Waals surface area contributed by atoms with Crippen molar-refractivity contribution in [1.29, 1.82) is 0 Å². The summed E-state index contributed by atoms with van der Waals surface area (Å²) in [5.74, 6) is 0.366. The highest BCUT2D eigenvalue weighted by Crippen LogP contribution is 2.45. The number of nitrogens with zero attached hydrogens (tertiary/aromatic N) is 1. The third kappa shape index (κ3) is 3.66. The zero-order valence-corrected chi connectivity index (χ0v) is 18.0. The molecule has 0 saturated carbocycles. The monoisotopic (exact) mass is 418 g/mol. The third-order valence-electron chi connectivity index (χ3n) is 6.74. The number of likely N-dealkylation sites (tertiary alicyclic amines) is 1. The Kier molecular flexibility index (Phi) is 5.63. The van der Waals surface area contributed by atoms with Crippen LogP contribution < -0.4 is 5.32 Å². The van der Waals surface area contributed by atoms with Crippen molar-refractivity contribution in [3.63, 3.8) is 0 Å². The van der Waals surface area contributed by atoms with Crippen LogP contribution in [0.5, 0.6) is 5.75 Å². The summed E-state index contributed by atoms with van der Waals surface area (Å²) in [5, 5.41) is 15.2. The molecule has 28 heavy (non-hydrogen) atoms. The van der Waals surface area contributed by atoms with E-state index in [0.717, 1.165) is 32.4 Å². The van der Waals surface area contributed by atoms with Gasteiger partial charge in [0.15, 0.2) is 0 Å². The van der Waals surface area contributed by atoms with Gasteiger partial charge in [0.1, 0.15) is 5.75 Å². The van der Waals surface area contributed by atoms with Gasteiger partial charge < -0.3 is 15.3 Å². The predicted molar refractivity (Wildman–Crippen MR) is 117 cm³/mol. The number of likely N-dealkylation sites (N-methyl/N-ethyl adjacent to an activating group) is 1. The molecule has 5 heteroatoms. The van der Waals surface area contributed by atoms with Crippen LogP contribution in [0.25, 0.3) is 0 Å². The Morgan fingerprint density at radius 1 is 1.18 bits per heavy atom. The molecule has 3 atom stereocenters. The molecule has 2 aliphatic rings. The van der Waals surface area contributed by atoms with E-state index in [-0.39, 0.29) is 5.41 Å². The van der Waals surface area contributed by atoms with Crippen LogP contribution in [-0.2, 0) is 18.3 Å². The van der Waals surface area contributed by atoms with Gasteiger partial charge in [-0.15, -0.1) is 0 Å². The lowest BCUT2D eigenvalue weighted by molar-refractivity contribution is 0.157. The molecule has 2 aromatic carbocycles. The van der Waals surface area contributed by atoms with Gasteiger partial charge in [-0.05, 0) is 86.8 Å². The molecule has 1 saturated heterocycles. The normalized spacial score (nSPS) is 27.3. The fourth-order valence-electron chi connectivity index (χ4n) is 5.20. The van der Waals surface area contributed by atoms with Gasteiger partial charge in [0.25, 0.3) is 0 Å². The van der Waals surface area contributed by atoms with E-state index in [0.29, 0.717) is 27.9 Å². The second kappa shape index (κ2) is 7.87. The first-order valence-corrected chi connectivity index (χ1v) is 10.8. The highest BCUT2D eigenvalue weighted by Gasteiger charge is 2.47. The minimum absolute atomic E-state index is 0.0133. The van der Waals surface area contributed by atoms with E-state index in [4.69, 9.17) is 23.2 Å². The Morgan fingerprint density at radius 2 is 2.00 bits per heavy atom. The average molecular weight is 419 g/mol. The standard InChI is InChI=1S/C23H28Cl2N2O/c1-23-9-3-11-27(2)21(13-16-5-6-17(28)14-18(16)23)22(23)26-10-8-15-4-7-19(24)20(25)12-15/h4-7,12,14,21-22,26,28H,3,8-11,13H2,1-2H3/t21-,22+,23+/m1/s1. The van der Waals surface area contributed by atoms with Crippen molar-refractivity contribution in [3.8, 4) is 5.75 Å². The lowest BCUT2D eigenvalue weighted by Gasteiger charge is -2.48. The van der Waals surface area contributed by atoms with Gasteiger partial charge in [0.05, 0.1) is 10.0 Å². The molecule has 0 radical (unpaired) electrons. The van der Waals surface area contributed by atoms with Gasteiger partial charge in [-0.3, -0.25) is 0 Å². The number of halogens is 2. The van der Waals surface area contributed by atoms with Crippen molar-refractivity contribution in [3.05, 3.63) is 63.1 Å². The SMILES string of the molecule is CN1CCC[C@@]2(C)c3cc(O)ccc3C[C@@H]1[C@@H]2NCCc1ccc(Cl)c(Cl)c1. The second-order valence-corrected chi connectivity index (χ2v) is 9.36. The molecule has 0 unspecified atom stereocenters. The Bertz CT molecular complexity index is 872. The summed E-state index contributed by atoms with van der Waals surface area (Å²) in [6, 6.07) is 12.6. The van der Waals surface area contributed by atoms with Crippen LogP contribution in [0, 0.1) is 0 Å². The zero-order chi connectivity index (χ0) is 19.9. The molecule has 0 amide bonds. The van der Waals surface area contributed by atoms with Crippen LogP contribution in [0.3, 0.4) is 0 Å². The molecule has 0 aromatic heterocycles. The van der Waals surface area contributed by atoms with Crippen LogP contribution in [0.15, 0.2) is 36.4 Å². The Morgan fingerprint density at radius 3 is 2.79 bits per heavy atom. The summed E-state index contributed by atoms with van der Waals surface area (Å²) in [6.07, 6.45) is 4.22. The van der Waals surface area contributed by atoms with Gasteiger partial charge >= 0.3 is 0 Å². The molecular weight excluding hydrogens is 391 g/mol. The summed E-state index contributed by atoms with van der Waals surface area (Å²) in [4.78, 5) is 2.51. The maximum Gasteiger partial charge on any atom is 0.115 e. The largest absolute Gasteiger partial charge is 0.508 e. The minimum atomic E-state index is 0.0133. The van der Waals surface area contributed by atoms with E-state index in [2.05, 4.69) is 30.3 Å². The molecule has 4 rings (SSSR count). The van der Waals surface area contributed by atoms with E-state index in [1.165, 1.54) is 23.1 Å². The molecular formula is C23H28Cl2N2O. The first kappa shape index (κ1) is 20.0. The minimum Gasteiger partial charge on any atom is -0.508 e. The predicted octanol–water partition coefficient (Wildman–Crippen LogP) is 4.81.